The summed E-state index contributed by atoms with van der Waals surface area (Å²) in [5.41, 5.74) is 1.51. The molecule has 3 aromatic heterocycles. The fourth-order valence-corrected chi connectivity index (χ4v) is 5.66. The van der Waals surface area contributed by atoms with Crippen molar-refractivity contribution >= 4 is 40.0 Å². The highest BCUT2D eigenvalue weighted by Crippen LogP contribution is 2.39. The van der Waals surface area contributed by atoms with E-state index in [0.717, 1.165) is 29.7 Å². The fourth-order valence-electron chi connectivity index (χ4n) is 3.62. The lowest BCUT2D eigenvalue weighted by molar-refractivity contribution is -0.113. The summed E-state index contributed by atoms with van der Waals surface area (Å²) in [6, 6.07) is 3.65. The van der Waals surface area contributed by atoms with Gasteiger partial charge in [0.2, 0.25) is 5.91 Å². The third kappa shape index (κ3) is 4.54. The van der Waals surface area contributed by atoms with Gasteiger partial charge in [0.15, 0.2) is 16.7 Å². The molecule has 0 saturated heterocycles. The van der Waals surface area contributed by atoms with Gasteiger partial charge in [-0.15, -0.1) is 21.5 Å². The number of methoxy groups -OCH3 is 1. The van der Waals surface area contributed by atoms with Gasteiger partial charge < -0.3 is 14.5 Å². The predicted octanol–water partition coefficient (Wildman–Crippen LogP) is 4.26. The first kappa shape index (κ1) is 21.6. The van der Waals surface area contributed by atoms with E-state index < -0.39 is 5.97 Å². The maximum atomic E-state index is 12.7. The molecule has 3 heterocycles. The van der Waals surface area contributed by atoms with Gasteiger partial charge in [-0.2, -0.15) is 0 Å². The molecule has 0 saturated carbocycles. The molecule has 1 N–H and O–H groups in total. The Kier molecular flexibility index (Phi) is 6.47. The maximum Gasteiger partial charge on any atom is 0.341 e. The number of hydrogen-bond donors (Lipinski definition) is 1. The topological polar surface area (TPSA) is 99.2 Å². The molecule has 0 aromatic carbocycles. The van der Waals surface area contributed by atoms with Gasteiger partial charge in [-0.25, -0.2) is 4.79 Å². The molecular weight excluding hydrogens is 436 g/mol. The van der Waals surface area contributed by atoms with Gasteiger partial charge >= 0.3 is 5.97 Å². The van der Waals surface area contributed by atoms with Crippen LogP contribution >= 0.6 is 23.1 Å². The van der Waals surface area contributed by atoms with Crippen LogP contribution in [0.3, 0.4) is 0 Å². The third-order valence-electron chi connectivity index (χ3n) is 4.90. The Morgan fingerprint density at radius 2 is 2.19 bits per heavy atom. The molecule has 8 nitrogen and oxygen atoms in total. The van der Waals surface area contributed by atoms with Gasteiger partial charge in [-0.3, -0.25) is 9.36 Å². The summed E-state index contributed by atoms with van der Waals surface area (Å²) >= 11 is 2.78. The van der Waals surface area contributed by atoms with Crippen molar-refractivity contribution in [3.63, 3.8) is 0 Å². The molecule has 1 amide bonds. The second kappa shape index (κ2) is 9.27. The number of esters is 1. The van der Waals surface area contributed by atoms with E-state index in [1.165, 1.54) is 30.2 Å². The lowest BCUT2D eigenvalue weighted by Gasteiger charge is -2.11. The van der Waals surface area contributed by atoms with Crippen molar-refractivity contribution in [3.8, 4) is 11.6 Å². The standard InChI is InChI=1S/C21H24N4O4S2/c1-12(2)10-25-18(14-7-5-9-29-14)23-24-21(25)30-11-16(26)22-19-17(20(27)28-3)13-6-4-8-15(13)31-19/h5,7,9,12H,4,6,8,10-11H2,1-3H3,(H,22,26). The Labute approximate surface area is 188 Å². The number of fused-ring (bicyclic) bond motifs is 1. The first-order valence-corrected chi connectivity index (χ1v) is 11.9. The average molecular weight is 461 g/mol. The summed E-state index contributed by atoms with van der Waals surface area (Å²) in [6.07, 6.45) is 4.40. The predicted molar refractivity (Wildman–Crippen MR) is 120 cm³/mol. The number of thioether (sulfide) groups is 1. The molecule has 1 aliphatic rings. The second-order valence-corrected chi connectivity index (χ2v) is 9.73. The van der Waals surface area contributed by atoms with E-state index in [0.29, 0.717) is 39.8 Å². The molecular formula is C21H24N4O4S2. The number of hydrogen-bond acceptors (Lipinski definition) is 8. The third-order valence-corrected chi connectivity index (χ3v) is 7.08. The summed E-state index contributed by atoms with van der Waals surface area (Å²) in [4.78, 5) is 26.1. The Balaban J connectivity index is 1.48. The van der Waals surface area contributed by atoms with Gasteiger partial charge in [-0.1, -0.05) is 25.6 Å². The van der Waals surface area contributed by atoms with Crippen molar-refractivity contribution in [3.05, 3.63) is 34.4 Å². The Bertz CT molecular complexity index is 1090. The lowest BCUT2D eigenvalue weighted by Crippen LogP contribution is -2.17. The Hall–Kier alpha value is -2.59. The van der Waals surface area contributed by atoms with E-state index in [-0.39, 0.29) is 11.7 Å². The van der Waals surface area contributed by atoms with Crippen LogP contribution in [0.1, 0.15) is 41.1 Å². The molecule has 31 heavy (non-hydrogen) atoms. The number of nitrogens with one attached hydrogen (secondary N) is 1. The van der Waals surface area contributed by atoms with Gasteiger partial charge in [0.25, 0.3) is 0 Å². The minimum absolute atomic E-state index is 0.150. The zero-order chi connectivity index (χ0) is 22.0. The molecule has 0 atom stereocenters. The van der Waals surface area contributed by atoms with Crippen LogP contribution in [-0.2, 0) is 28.9 Å². The largest absolute Gasteiger partial charge is 0.465 e. The molecule has 0 bridgehead atoms. The Morgan fingerprint density at radius 1 is 1.35 bits per heavy atom. The number of carbonyl (C=O) groups excluding carboxylic acids is 2. The highest BCUT2D eigenvalue weighted by atomic mass is 32.2. The number of carbonyl (C=O) groups is 2. The molecule has 0 unspecified atom stereocenters. The van der Waals surface area contributed by atoms with Crippen LogP contribution in [0, 0.1) is 5.92 Å². The molecule has 0 aliphatic heterocycles. The maximum absolute atomic E-state index is 12.7. The van der Waals surface area contributed by atoms with Crippen molar-refractivity contribution in [2.24, 2.45) is 5.92 Å². The molecule has 0 radical (unpaired) electrons. The van der Waals surface area contributed by atoms with Crippen LogP contribution in [0.4, 0.5) is 5.00 Å². The smallest absolute Gasteiger partial charge is 0.341 e. The normalized spacial score (nSPS) is 12.9. The monoisotopic (exact) mass is 460 g/mol. The minimum atomic E-state index is -0.401. The summed E-state index contributed by atoms with van der Waals surface area (Å²) < 4.78 is 12.4. The summed E-state index contributed by atoms with van der Waals surface area (Å²) in [7, 11) is 1.36. The van der Waals surface area contributed by atoms with Crippen molar-refractivity contribution in [1.82, 2.24) is 14.8 Å². The molecule has 0 spiro atoms. The summed E-state index contributed by atoms with van der Waals surface area (Å²) in [5, 5.41) is 12.7. The summed E-state index contributed by atoms with van der Waals surface area (Å²) in [5.74, 6) is 1.20. The lowest BCUT2D eigenvalue weighted by atomic mass is 10.1. The zero-order valence-corrected chi connectivity index (χ0v) is 19.3. The molecule has 4 rings (SSSR count). The van der Waals surface area contributed by atoms with Crippen LogP contribution in [-0.4, -0.2) is 39.5 Å². The van der Waals surface area contributed by atoms with Crippen LogP contribution in [0.15, 0.2) is 28.0 Å². The fraction of sp³-hybridized carbons (Fsp3) is 0.429. The quantitative estimate of drug-likeness (QED) is 0.396. The number of anilines is 1. The van der Waals surface area contributed by atoms with Crippen molar-refractivity contribution in [1.29, 1.82) is 0 Å². The van der Waals surface area contributed by atoms with Crippen LogP contribution in [0.5, 0.6) is 0 Å². The van der Waals surface area contributed by atoms with Crippen molar-refractivity contribution in [2.45, 2.75) is 44.8 Å². The number of ether oxygens (including phenoxy) is 1. The van der Waals surface area contributed by atoms with E-state index in [1.807, 2.05) is 10.6 Å². The number of aryl methyl sites for hydroxylation is 1. The first-order valence-electron chi connectivity index (χ1n) is 10.1. The Morgan fingerprint density at radius 3 is 2.90 bits per heavy atom. The van der Waals surface area contributed by atoms with Crippen molar-refractivity contribution < 1.29 is 18.7 Å². The summed E-state index contributed by atoms with van der Waals surface area (Å²) in [6.45, 7) is 4.92. The molecule has 0 fully saturated rings. The number of furan rings is 1. The number of nitrogens with zero attached hydrogens (tertiary/aromatic N) is 3. The van der Waals surface area contributed by atoms with Crippen LogP contribution < -0.4 is 5.32 Å². The van der Waals surface area contributed by atoms with Gasteiger partial charge in [-0.05, 0) is 42.9 Å². The van der Waals surface area contributed by atoms with E-state index >= 15 is 0 Å². The van der Waals surface area contributed by atoms with Crippen LogP contribution in [0.2, 0.25) is 0 Å². The molecule has 1 aliphatic carbocycles. The van der Waals surface area contributed by atoms with E-state index in [1.54, 1.807) is 12.3 Å². The molecule has 164 valence electrons. The van der Waals surface area contributed by atoms with Gasteiger partial charge in [0, 0.05) is 11.4 Å². The number of thiophene rings is 1. The number of aromatic nitrogens is 3. The van der Waals surface area contributed by atoms with E-state index in [2.05, 4.69) is 29.4 Å². The molecule has 10 heteroatoms. The second-order valence-electron chi connectivity index (χ2n) is 7.68. The number of amides is 1. The zero-order valence-electron chi connectivity index (χ0n) is 17.6. The highest BCUT2D eigenvalue weighted by Gasteiger charge is 2.28. The van der Waals surface area contributed by atoms with Crippen molar-refractivity contribution in [2.75, 3.05) is 18.2 Å². The highest BCUT2D eigenvalue weighted by molar-refractivity contribution is 7.99. The van der Waals surface area contributed by atoms with Crippen LogP contribution in [0.25, 0.3) is 11.6 Å². The SMILES string of the molecule is COC(=O)c1c(NC(=O)CSc2nnc(-c3ccco3)n2CC(C)C)sc2c1CCC2. The van der Waals surface area contributed by atoms with Gasteiger partial charge in [0.05, 0.1) is 24.7 Å². The first-order chi connectivity index (χ1) is 15.0. The molecule has 3 aromatic rings. The number of rotatable bonds is 8. The van der Waals surface area contributed by atoms with E-state index in [9.17, 15) is 9.59 Å². The van der Waals surface area contributed by atoms with Gasteiger partial charge in [0.1, 0.15) is 5.00 Å². The average Bonchev–Trinajstić information content (AvgIpc) is 3.50. The minimum Gasteiger partial charge on any atom is -0.465 e. The van der Waals surface area contributed by atoms with E-state index in [4.69, 9.17) is 9.15 Å².